The van der Waals surface area contributed by atoms with Crippen molar-refractivity contribution in [3.05, 3.63) is 0 Å². The predicted octanol–water partition coefficient (Wildman–Crippen LogP) is 0.784. The molecule has 1 aliphatic rings. The van der Waals surface area contributed by atoms with Gasteiger partial charge in [-0.25, -0.2) is 4.72 Å². The molecule has 0 bridgehead atoms. The van der Waals surface area contributed by atoms with E-state index < -0.39 is 10.2 Å². The minimum Gasteiger partial charge on any atom is -0.330 e. The number of hydrogen-bond donors (Lipinski definition) is 2. The summed E-state index contributed by atoms with van der Waals surface area (Å²) in [4.78, 5) is 0. The standard InChI is InChI=1S/C12H27N3O2S/c1-10(2)11(3)9-14-18(16,17)15-6-4-12(8-13)5-7-15/h10-12,14H,4-9,13H2,1-3H3. The molecule has 0 aromatic heterocycles. The Hall–Kier alpha value is -0.170. The molecule has 5 nitrogen and oxygen atoms in total. The van der Waals surface area contributed by atoms with Crippen LogP contribution in [-0.2, 0) is 10.2 Å². The lowest BCUT2D eigenvalue weighted by molar-refractivity contribution is 0.274. The van der Waals surface area contributed by atoms with Crippen LogP contribution in [0.25, 0.3) is 0 Å². The SMILES string of the molecule is CC(C)C(C)CNS(=O)(=O)N1CCC(CN)CC1. The first-order valence-corrected chi connectivity index (χ1v) is 8.25. The van der Waals surface area contributed by atoms with E-state index in [1.807, 2.05) is 0 Å². The molecule has 1 aliphatic heterocycles. The highest BCUT2D eigenvalue weighted by Crippen LogP contribution is 2.18. The number of rotatable bonds is 6. The Morgan fingerprint density at radius 1 is 1.28 bits per heavy atom. The van der Waals surface area contributed by atoms with Crippen molar-refractivity contribution in [2.45, 2.75) is 33.6 Å². The predicted molar refractivity (Wildman–Crippen MR) is 74.3 cm³/mol. The number of nitrogens with two attached hydrogens (primary N) is 1. The van der Waals surface area contributed by atoms with Crippen LogP contribution in [0.1, 0.15) is 33.6 Å². The first-order valence-electron chi connectivity index (χ1n) is 6.81. The van der Waals surface area contributed by atoms with E-state index in [1.54, 1.807) is 4.31 Å². The van der Waals surface area contributed by atoms with Crippen molar-refractivity contribution in [3.63, 3.8) is 0 Å². The average Bonchev–Trinajstić information content (AvgIpc) is 2.36. The van der Waals surface area contributed by atoms with Gasteiger partial charge < -0.3 is 5.73 Å². The molecule has 1 unspecified atom stereocenters. The summed E-state index contributed by atoms with van der Waals surface area (Å²) >= 11 is 0. The molecule has 0 aromatic carbocycles. The monoisotopic (exact) mass is 277 g/mol. The Kier molecular flexibility index (Phi) is 6.04. The van der Waals surface area contributed by atoms with Crippen LogP contribution < -0.4 is 10.5 Å². The lowest BCUT2D eigenvalue weighted by atomic mass is 9.99. The second-order valence-electron chi connectivity index (χ2n) is 5.65. The van der Waals surface area contributed by atoms with E-state index in [2.05, 4.69) is 25.5 Å². The molecular weight excluding hydrogens is 250 g/mol. The molecule has 6 heteroatoms. The Morgan fingerprint density at radius 2 is 1.83 bits per heavy atom. The zero-order valence-corrected chi connectivity index (χ0v) is 12.5. The van der Waals surface area contributed by atoms with E-state index in [-0.39, 0.29) is 0 Å². The van der Waals surface area contributed by atoms with Gasteiger partial charge in [0, 0.05) is 19.6 Å². The Balaban J connectivity index is 2.45. The van der Waals surface area contributed by atoms with Gasteiger partial charge in [-0.05, 0) is 37.1 Å². The molecule has 1 rings (SSSR count). The van der Waals surface area contributed by atoms with Crippen LogP contribution in [-0.4, -0.2) is 38.9 Å². The number of hydrogen-bond acceptors (Lipinski definition) is 3. The number of nitrogens with one attached hydrogen (secondary N) is 1. The molecular formula is C12H27N3O2S. The van der Waals surface area contributed by atoms with Gasteiger partial charge >= 0.3 is 0 Å². The molecule has 1 atom stereocenters. The smallest absolute Gasteiger partial charge is 0.279 e. The van der Waals surface area contributed by atoms with Crippen molar-refractivity contribution in [2.24, 2.45) is 23.5 Å². The maximum atomic E-state index is 12.1. The van der Waals surface area contributed by atoms with Crippen LogP contribution in [0.4, 0.5) is 0 Å². The molecule has 0 saturated carbocycles. The van der Waals surface area contributed by atoms with E-state index >= 15 is 0 Å². The normalized spacial score (nSPS) is 21.4. The van der Waals surface area contributed by atoms with E-state index in [0.717, 1.165) is 12.8 Å². The third-order valence-electron chi connectivity index (χ3n) is 3.97. The van der Waals surface area contributed by atoms with E-state index in [9.17, 15) is 8.42 Å². The minimum absolute atomic E-state index is 0.348. The lowest BCUT2D eigenvalue weighted by Gasteiger charge is -2.31. The molecule has 18 heavy (non-hydrogen) atoms. The zero-order valence-electron chi connectivity index (χ0n) is 11.7. The van der Waals surface area contributed by atoms with Gasteiger partial charge in [0.05, 0.1) is 0 Å². The van der Waals surface area contributed by atoms with E-state index in [0.29, 0.717) is 43.9 Å². The second kappa shape index (κ2) is 6.84. The van der Waals surface area contributed by atoms with Gasteiger partial charge in [-0.15, -0.1) is 0 Å². The first kappa shape index (κ1) is 15.9. The maximum Gasteiger partial charge on any atom is 0.279 e. The fraction of sp³-hybridized carbons (Fsp3) is 1.00. The van der Waals surface area contributed by atoms with Crippen LogP contribution in [0.3, 0.4) is 0 Å². The highest BCUT2D eigenvalue weighted by molar-refractivity contribution is 7.87. The Bertz CT molecular complexity index is 335. The summed E-state index contributed by atoms with van der Waals surface area (Å²) in [6.45, 7) is 8.62. The zero-order chi connectivity index (χ0) is 13.8. The maximum absolute atomic E-state index is 12.1. The fourth-order valence-corrected chi connectivity index (χ4v) is 3.30. The van der Waals surface area contributed by atoms with E-state index in [1.165, 1.54) is 0 Å². The molecule has 108 valence electrons. The molecule has 0 radical (unpaired) electrons. The number of piperidine rings is 1. The van der Waals surface area contributed by atoms with Gasteiger partial charge in [-0.2, -0.15) is 12.7 Å². The third-order valence-corrected chi connectivity index (χ3v) is 5.55. The largest absolute Gasteiger partial charge is 0.330 e. The fourth-order valence-electron chi connectivity index (χ4n) is 1.95. The first-order chi connectivity index (χ1) is 8.36. The second-order valence-corrected chi connectivity index (χ2v) is 7.41. The number of nitrogens with zero attached hydrogens (tertiary/aromatic N) is 1. The summed E-state index contributed by atoms with van der Waals surface area (Å²) in [5.41, 5.74) is 5.61. The van der Waals surface area contributed by atoms with Crippen LogP contribution >= 0.6 is 0 Å². The molecule has 1 saturated heterocycles. The van der Waals surface area contributed by atoms with Crippen molar-refractivity contribution in [1.29, 1.82) is 0 Å². The summed E-state index contributed by atoms with van der Waals surface area (Å²) in [5, 5.41) is 0. The molecule has 1 fully saturated rings. The Morgan fingerprint density at radius 3 is 2.28 bits per heavy atom. The quantitative estimate of drug-likeness (QED) is 0.753. The minimum atomic E-state index is -3.30. The summed E-state index contributed by atoms with van der Waals surface area (Å²) < 4.78 is 28.4. The summed E-state index contributed by atoms with van der Waals surface area (Å²) in [7, 11) is -3.30. The van der Waals surface area contributed by atoms with Crippen molar-refractivity contribution in [3.8, 4) is 0 Å². The molecule has 0 aromatic rings. The molecule has 1 heterocycles. The summed E-state index contributed by atoms with van der Waals surface area (Å²) in [5.74, 6) is 1.31. The van der Waals surface area contributed by atoms with Gasteiger partial charge in [0.25, 0.3) is 10.2 Å². The van der Waals surface area contributed by atoms with Crippen molar-refractivity contribution in [1.82, 2.24) is 9.03 Å². The highest BCUT2D eigenvalue weighted by Gasteiger charge is 2.27. The van der Waals surface area contributed by atoms with Gasteiger partial charge in [-0.3, -0.25) is 0 Å². The lowest BCUT2D eigenvalue weighted by Crippen LogP contribution is -2.47. The average molecular weight is 277 g/mol. The summed E-state index contributed by atoms with van der Waals surface area (Å²) in [6, 6.07) is 0. The van der Waals surface area contributed by atoms with Crippen LogP contribution in [0, 0.1) is 17.8 Å². The Labute approximate surface area is 111 Å². The van der Waals surface area contributed by atoms with Gasteiger partial charge in [0.15, 0.2) is 0 Å². The van der Waals surface area contributed by atoms with Gasteiger partial charge in [-0.1, -0.05) is 20.8 Å². The van der Waals surface area contributed by atoms with E-state index in [4.69, 9.17) is 5.73 Å². The van der Waals surface area contributed by atoms with Crippen molar-refractivity contribution in [2.75, 3.05) is 26.2 Å². The van der Waals surface area contributed by atoms with Crippen LogP contribution in [0.2, 0.25) is 0 Å². The molecule has 0 spiro atoms. The molecule has 0 aliphatic carbocycles. The van der Waals surface area contributed by atoms with Crippen molar-refractivity contribution >= 4 is 10.2 Å². The molecule has 3 N–H and O–H groups in total. The topological polar surface area (TPSA) is 75.4 Å². The van der Waals surface area contributed by atoms with Crippen LogP contribution in [0.15, 0.2) is 0 Å². The van der Waals surface area contributed by atoms with Crippen molar-refractivity contribution < 1.29 is 8.42 Å². The third kappa shape index (κ3) is 4.50. The van der Waals surface area contributed by atoms with Gasteiger partial charge in [0.1, 0.15) is 0 Å². The summed E-state index contributed by atoms with van der Waals surface area (Å²) in [6.07, 6.45) is 1.74. The molecule has 0 amide bonds. The van der Waals surface area contributed by atoms with Gasteiger partial charge in [0.2, 0.25) is 0 Å². The highest BCUT2D eigenvalue weighted by atomic mass is 32.2. The van der Waals surface area contributed by atoms with Crippen LogP contribution in [0.5, 0.6) is 0 Å².